The highest BCUT2D eigenvalue weighted by atomic mass is 16.7. The smallest absolute Gasteiger partial charge is 0.341 e. The third-order valence-corrected chi connectivity index (χ3v) is 1.36. The Morgan fingerprint density at radius 3 is 2.27 bits per heavy atom. The minimum absolute atomic E-state index is 0.254. The number of ether oxygens (including phenoxy) is 2. The van der Waals surface area contributed by atoms with Gasteiger partial charge in [-0.2, -0.15) is 0 Å². The molecule has 0 aliphatic heterocycles. The van der Waals surface area contributed by atoms with Crippen LogP contribution in [0, 0.1) is 0 Å². The molecule has 82 valence electrons. The van der Waals surface area contributed by atoms with Gasteiger partial charge in [0.05, 0.1) is 5.57 Å². The fourth-order valence-electron chi connectivity index (χ4n) is 0.823. The van der Waals surface area contributed by atoms with Crippen molar-refractivity contribution >= 4 is 11.9 Å². The summed E-state index contributed by atoms with van der Waals surface area (Å²) in [5.74, 6) is -1.12. The molecule has 0 N–H and O–H groups in total. The first-order valence-electron chi connectivity index (χ1n) is 4.34. The Balaban J connectivity index is 4.34. The van der Waals surface area contributed by atoms with E-state index in [-0.39, 0.29) is 5.57 Å². The second-order valence-electron chi connectivity index (χ2n) is 2.64. The molecule has 0 aliphatic carbocycles. The zero-order valence-corrected chi connectivity index (χ0v) is 8.86. The number of carbonyl (C=O) groups is 2. The normalized spacial score (nSPS) is 12.5. The molecule has 0 rings (SSSR count). The van der Waals surface area contributed by atoms with Crippen LogP contribution in [0.25, 0.3) is 0 Å². The van der Waals surface area contributed by atoms with E-state index in [2.05, 4.69) is 17.9 Å². The number of allylic oxidation sites excluding steroid dienone is 2. The highest BCUT2D eigenvalue weighted by Gasteiger charge is 2.13. The monoisotopic (exact) mass is 210 g/mol. The lowest BCUT2D eigenvalue weighted by atomic mass is 10.2. The van der Waals surface area contributed by atoms with Crippen LogP contribution in [0.4, 0.5) is 0 Å². The highest BCUT2D eigenvalue weighted by Crippen LogP contribution is 2.04. The number of hydrogen-bond acceptors (Lipinski definition) is 4. The van der Waals surface area contributed by atoms with Gasteiger partial charge in [-0.15, -0.1) is 0 Å². The van der Waals surface area contributed by atoms with Crippen LogP contribution < -0.4 is 0 Å². The Kier molecular flexibility index (Phi) is 5.78. The first kappa shape index (κ1) is 13.2. The van der Waals surface area contributed by atoms with Gasteiger partial charge in [0.1, 0.15) is 0 Å². The molecule has 0 fully saturated rings. The summed E-state index contributed by atoms with van der Waals surface area (Å²) >= 11 is 0. The van der Waals surface area contributed by atoms with Gasteiger partial charge in [-0.1, -0.05) is 25.3 Å². The summed E-state index contributed by atoms with van der Waals surface area (Å²) in [6.07, 6.45) is 3.32. The third-order valence-electron chi connectivity index (χ3n) is 1.36. The maximum atomic E-state index is 11.4. The molecule has 0 aromatic heterocycles. The molecular weight excluding hydrogens is 196 g/mol. The van der Waals surface area contributed by atoms with Crippen molar-refractivity contribution in [3.63, 3.8) is 0 Å². The lowest BCUT2D eigenvalue weighted by Gasteiger charge is -2.12. The summed E-state index contributed by atoms with van der Waals surface area (Å²) in [5, 5.41) is 0. The van der Waals surface area contributed by atoms with Crippen LogP contribution in [0.15, 0.2) is 37.0 Å². The molecule has 0 saturated heterocycles. The quantitative estimate of drug-likeness (QED) is 0.300. The molecule has 0 amide bonds. The van der Waals surface area contributed by atoms with E-state index in [4.69, 9.17) is 4.74 Å². The van der Waals surface area contributed by atoms with Gasteiger partial charge in [0.2, 0.25) is 6.29 Å². The van der Waals surface area contributed by atoms with Crippen molar-refractivity contribution in [3.8, 4) is 0 Å². The van der Waals surface area contributed by atoms with Gasteiger partial charge in [0, 0.05) is 13.8 Å². The topological polar surface area (TPSA) is 52.6 Å². The van der Waals surface area contributed by atoms with Crippen LogP contribution >= 0.6 is 0 Å². The fraction of sp³-hybridized carbons (Fsp3) is 0.273. The first-order chi connectivity index (χ1) is 7.01. The molecule has 0 bridgehead atoms. The van der Waals surface area contributed by atoms with Crippen LogP contribution in [-0.2, 0) is 19.1 Å². The van der Waals surface area contributed by atoms with Gasteiger partial charge < -0.3 is 9.47 Å². The van der Waals surface area contributed by atoms with Crippen molar-refractivity contribution in [3.05, 3.63) is 37.0 Å². The maximum Gasteiger partial charge on any atom is 0.341 e. The fourth-order valence-corrected chi connectivity index (χ4v) is 0.823. The molecule has 4 heteroatoms. The summed E-state index contributed by atoms with van der Waals surface area (Å²) < 4.78 is 9.42. The molecule has 0 spiro atoms. The predicted molar refractivity (Wildman–Crippen MR) is 55.8 cm³/mol. The van der Waals surface area contributed by atoms with Crippen molar-refractivity contribution in [2.75, 3.05) is 0 Å². The average Bonchev–Trinajstić information content (AvgIpc) is 2.12. The van der Waals surface area contributed by atoms with Crippen molar-refractivity contribution in [2.45, 2.75) is 20.1 Å². The van der Waals surface area contributed by atoms with Gasteiger partial charge in [-0.3, -0.25) is 4.79 Å². The summed E-state index contributed by atoms with van der Waals surface area (Å²) in [6.45, 7) is 9.57. The average molecular weight is 210 g/mol. The number of esters is 2. The number of rotatable bonds is 5. The van der Waals surface area contributed by atoms with Crippen LogP contribution in [0.1, 0.15) is 13.8 Å². The molecule has 0 aromatic carbocycles. The van der Waals surface area contributed by atoms with E-state index >= 15 is 0 Å². The Morgan fingerprint density at radius 2 is 1.87 bits per heavy atom. The second-order valence-corrected chi connectivity index (χ2v) is 2.64. The summed E-state index contributed by atoms with van der Waals surface area (Å²) in [4.78, 5) is 21.9. The summed E-state index contributed by atoms with van der Waals surface area (Å²) in [7, 11) is 0. The standard InChI is InChI=1S/C11H14O4/c1-5-7-10(6-2)11(13)15-9(4)14-8(3)12/h5-7,9H,1-2H2,3-4H3/b10-7+. The molecule has 1 atom stereocenters. The van der Waals surface area contributed by atoms with E-state index in [1.807, 2.05) is 0 Å². The lowest BCUT2D eigenvalue weighted by Crippen LogP contribution is -2.20. The Bertz CT molecular complexity index is 302. The molecule has 15 heavy (non-hydrogen) atoms. The molecule has 0 saturated carbocycles. The van der Waals surface area contributed by atoms with Crippen LogP contribution in [0.5, 0.6) is 0 Å². The zero-order chi connectivity index (χ0) is 11.8. The van der Waals surface area contributed by atoms with Crippen LogP contribution in [-0.4, -0.2) is 18.2 Å². The van der Waals surface area contributed by atoms with Crippen LogP contribution in [0.2, 0.25) is 0 Å². The van der Waals surface area contributed by atoms with Crippen molar-refractivity contribution < 1.29 is 19.1 Å². The summed E-state index contributed by atoms with van der Waals surface area (Å²) in [6, 6.07) is 0. The SMILES string of the molecule is C=C/C=C(\C=C)C(=O)OC(C)OC(C)=O. The molecular formula is C11H14O4. The van der Waals surface area contributed by atoms with Crippen molar-refractivity contribution in [1.29, 1.82) is 0 Å². The molecule has 0 radical (unpaired) electrons. The van der Waals surface area contributed by atoms with Crippen molar-refractivity contribution in [1.82, 2.24) is 0 Å². The highest BCUT2D eigenvalue weighted by molar-refractivity contribution is 5.91. The largest absolute Gasteiger partial charge is 0.426 e. The van der Waals surface area contributed by atoms with E-state index in [0.717, 1.165) is 0 Å². The Morgan fingerprint density at radius 1 is 1.27 bits per heavy atom. The van der Waals surface area contributed by atoms with Gasteiger partial charge in [0.15, 0.2) is 0 Å². The number of carbonyl (C=O) groups excluding carboxylic acids is 2. The van der Waals surface area contributed by atoms with Gasteiger partial charge >= 0.3 is 11.9 Å². The van der Waals surface area contributed by atoms with Gasteiger partial charge in [0.25, 0.3) is 0 Å². The summed E-state index contributed by atoms with van der Waals surface area (Å²) in [5.41, 5.74) is 0.254. The Hall–Kier alpha value is -1.84. The van der Waals surface area contributed by atoms with Crippen LogP contribution in [0.3, 0.4) is 0 Å². The maximum absolute atomic E-state index is 11.4. The van der Waals surface area contributed by atoms with E-state index < -0.39 is 18.2 Å². The van der Waals surface area contributed by atoms with E-state index in [1.54, 1.807) is 0 Å². The molecule has 0 heterocycles. The molecule has 0 aromatic rings. The molecule has 4 nitrogen and oxygen atoms in total. The Labute approximate surface area is 88.9 Å². The van der Waals surface area contributed by atoms with E-state index in [9.17, 15) is 9.59 Å². The second kappa shape index (κ2) is 6.59. The van der Waals surface area contributed by atoms with Gasteiger partial charge in [-0.25, -0.2) is 4.79 Å². The van der Waals surface area contributed by atoms with Crippen molar-refractivity contribution in [2.24, 2.45) is 0 Å². The third kappa shape index (κ3) is 5.46. The van der Waals surface area contributed by atoms with Gasteiger partial charge in [-0.05, 0) is 6.08 Å². The van der Waals surface area contributed by atoms with E-state index in [0.29, 0.717) is 0 Å². The zero-order valence-electron chi connectivity index (χ0n) is 8.86. The first-order valence-corrected chi connectivity index (χ1v) is 4.34. The molecule has 1 unspecified atom stereocenters. The van der Waals surface area contributed by atoms with E-state index in [1.165, 1.54) is 32.1 Å². The number of hydrogen-bond donors (Lipinski definition) is 0. The molecule has 0 aliphatic rings. The predicted octanol–water partition coefficient (Wildman–Crippen LogP) is 1.74. The lowest BCUT2D eigenvalue weighted by molar-refractivity contribution is -0.179. The minimum atomic E-state index is -0.914. The minimum Gasteiger partial charge on any atom is -0.426 e.